The Balaban J connectivity index is 2.55. The first-order valence-corrected chi connectivity index (χ1v) is 8.03. The summed E-state index contributed by atoms with van der Waals surface area (Å²) < 4.78 is 2.11. The fraction of sp³-hybridized carbons (Fsp3) is 0.467. The number of benzene rings is 1. The molecule has 0 fully saturated rings. The van der Waals surface area contributed by atoms with E-state index in [9.17, 15) is 9.59 Å². The summed E-state index contributed by atoms with van der Waals surface area (Å²) in [6.45, 7) is 6.74. The number of hydrogen-bond donors (Lipinski definition) is 1. The molecule has 20 heavy (non-hydrogen) atoms. The molecule has 1 aromatic carbocycles. The van der Waals surface area contributed by atoms with Gasteiger partial charge >= 0.3 is 4.87 Å². The van der Waals surface area contributed by atoms with Crippen LogP contribution >= 0.6 is 24.0 Å². The molecule has 1 aromatic heterocycles. The Morgan fingerprint density at radius 2 is 1.90 bits per heavy atom. The van der Waals surface area contributed by atoms with Crippen LogP contribution in [0.4, 0.5) is 0 Å². The van der Waals surface area contributed by atoms with Gasteiger partial charge in [-0.2, -0.15) is 12.6 Å². The molecule has 0 radical (unpaired) electrons. The van der Waals surface area contributed by atoms with Crippen LogP contribution in [-0.4, -0.2) is 10.3 Å². The van der Waals surface area contributed by atoms with Crippen LogP contribution in [0.3, 0.4) is 0 Å². The standard InChI is InChI=1S/C15H19NO2S2/c1-15(2,3)10(9-19)8-16-13(17)11-6-4-5-7-12(11)20-14(16)18/h4-7,10,19H,8-9H2,1-3H3. The van der Waals surface area contributed by atoms with Crippen molar-refractivity contribution in [2.45, 2.75) is 27.3 Å². The predicted octanol–water partition coefficient (Wildman–Crippen LogP) is 3.02. The highest BCUT2D eigenvalue weighted by Gasteiger charge is 2.25. The molecule has 1 unspecified atom stereocenters. The second kappa shape index (κ2) is 5.74. The van der Waals surface area contributed by atoms with E-state index in [4.69, 9.17) is 0 Å². The molecule has 1 heterocycles. The normalized spacial score (nSPS) is 13.6. The van der Waals surface area contributed by atoms with Crippen LogP contribution in [0.1, 0.15) is 20.8 Å². The first-order valence-electron chi connectivity index (χ1n) is 6.58. The van der Waals surface area contributed by atoms with E-state index >= 15 is 0 Å². The highest BCUT2D eigenvalue weighted by Crippen LogP contribution is 2.27. The van der Waals surface area contributed by atoms with E-state index in [1.807, 2.05) is 18.2 Å². The van der Waals surface area contributed by atoms with Crippen molar-refractivity contribution in [3.05, 3.63) is 44.3 Å². The Morgan fingerprint density at radius 1 is 1.25 bits per heavy atom. The van der Waals surface area contributed by atoms with Crippen LogP contribution in [0.15, 0.2) is 33.9 Å². The molecule has 0 saturated heterocycles. The van der Waals surface area contributed by atoms with Crippen molar-refractivity contribution in [3.8, 4) is 0 Å². The fourth-order valence-corrected chi connectivity index (χ4v) is 3.62. The van der Waals surface area contributed by atoms with Gasteiger partial charge in [0.05, 0.1) is 5.39 Å². The lowest BCUT2D eigenvalue weighted by Crippen LogP contribution is -2.37. The van der Waals surface area contributed by atoms with Gasteiger partial charge in [-0.1, -0.05) is 44.2 Å². The summed E-state index contributed by atoms with van der Waals surface area (Å²) in [6, 6.07) is 7.25. The summed E-state index contributed by atoms with van der Waals surface area (Å²) in [5.41, 5.74) is -0.190. The van der Waals surface area contributed by atoms with Crippen LogP contribution < -0.4 is 10.4 Å². The van der Waals surface area contributed by atoms with Crippen molar-refractivity contribution in [2.24, 2.45) is 11.3 Å². The van der Waals surface area contributed by atoms with Crippen LogP contribution in [0.5, 0.6) is 0 Å². The largest absolute Gasteiger partial charge is 0.310 e. The molecule has 3 nitrogen and oxygen atoms in total. The van der Waals surface area contributed by atoms with Crippen molar-refractivity contribution >= 4 is 34.1 Å². The van der Waals surface area contributed by atoms with Gasteiger partial charge in [-0.15, -0.1) is 0 Å². The summed E-state index contributed by atoms with van der Waals surface area (Å²) in [7, 11) is 0. The molecule has 1 atom stereocenters. The number of thiol groups is 1. The number of rotatable bonds is 3. The third-order valence-corrected chi connectivity index (χ3v) is 5.04. The summed E-state index contributed by atoms with van der Waals surface area (Å²) in [4.78, 5) is 24.5. The molecule has 0 N–H and O–H groups in total. The molecule has 0 spiro atoms. The SMILES string of the molecule is CC(C)(C)C(CS)Cn1c(=O)sc2ccccc2c1=O. The van der Waals surface area contributed by atoms with Crippen molar-refractivity contribution in [2.75, 3.05) is 5.75 Å². The van der Waals surface area contributed by atoms with E-state index in [0.29, 0.717) is 17.7 Å². The Labute approximate surface area is 127 Å². The zero-order chi connectivity index (χ0) is 14.9. The zero-order valence-electron chi connectivity index (χ0n) is 11.9. The summed E-state index contributed by atoms with van der Waals surface area (Å²) >= 11 is 5.50. The van der Waals surface area contributed by atoms with Crippen molar-refractivity contribution in [1.82, 2.24) is 4.57 Å². The molecule has 0 aliphatic carbocycles. The highest BCUT2D eigenvalue weighted by molar-refractivity contribution is 7.80. The second-order valence-electron chi connectivity index (χ2n) is 6.03. The minimum absolute atomic E-state index is 0.00391. The smallest absolute Gasteiger partial charge is 0.269 e. The molecular formula is C15H19NO2S2. The maximum atomic E-state index is 12.5. The van der Waals surface area contributed by atoms with Gasteiger partial charge < -0.3 is 0 Å². The van der Waals surface area contributed by atoms with E-state index in [2.05, 4.69) is 33.4 Å². The van der Waals surface area contributed by atoms with E-state index in [-0.39, 0.29) is 21.8 Å². The predicted molar refractivity (Wildman–Crippen MR) is 89.2 cm³/mol. The Morgan fingerprint density at radius 3 is 2.50 bits per heavy atom. The number of hydrogen-bond acceptors (Lipinski definition) is 4. The quantitative estimate of drug-likeness (QED) is 0.885. The lowest BCUT2D eigenvalue weighted by atomic mass is 9.82. The first kappa shape index (κ1) is 15.3. The van der Waals surface area contributed by atoms with Gasteiger partial charge in [-0.25, -0.2) is 0 Å². The van der Waals surface area contributed by atoms with Gasteiger partial charge in [0, 0.05) is 11.2 Å². The minimum Gasteiger partial charge on any atom is -0.269 e. The molecule has 0 aliphatic rings. The van der Waals surface area contributed by atoms with Crippen molar-refractivity contribution in [1.29, 1.82) is 0 Å². The van der Waals surface area contributed by atoms with Crippen LogP contribution in [0.2, 0.25) is 0 Å². The van der Waals surface area contributed by atoms with E-state index in [0.717, 1.165) is 16.0 Å². The van der Waals surface area contributed by atoms with Crippen molar-refractivity contribution < 1.29 is 0 Å². The van der Waals surface area contributed by atoms with Gasteiger partial charge in [-0.3, -0.25) is 14.2 Å². The summed E-state index contributed by atoms with van der Waals surface area (Å²) in [5, 5.41) is 0.615. The van der Waals surface area contributed by atoms with Crippen LogP contribution in [0, 0.1) is 11.3 Å². The molecule has 0 amide bonds. The average molecular weight is 309 g/mol. The molecule has 2 rings (SSSR count). The maximum Gasteiger partial charge on any atom is 0.310 e. The fourth-order valence-electron chi connectivity index (χ4n) is 2.09. The molecular weight excluding hydrogens is 290 g/mol. The molecule has 5 heteroatoms. The number of fused-ring (bicyclic) bond motifs is 1. The monoisotopic (exact) mass is 309 g/mol. The van der Waals surface area contributed by atoms with Gasteiger partial charge in [0.2, 0.25) is 0 Å². The van der Waals surface area contributed by atoms with Gasteiger partial charge in [-0.05, 0) is 29.2 Å². The van der Waals surface area contributed by atoms with Gasteiger partial charge in [0.15, 0.2) is 0 Å². The molecule has 108 valence electrons. The summed E-state index contributed by atoms with van der Waals surface area (Å²) in [6.07, 6.45) is 0. The molecule has 0 bridgehead atoms. The Kier molecular flexibility index (Phi) is 4.39. The van der Waals surface area contributed by atoms with Crippen LogP contribution in [0.25, 0.3) is 10.1 Å². The van der Waals surface area contributed by atoms with Gasteiger partial charge in [0.25, 0.3) is 5.56 Å². The van der Waals surface area contributed by atoms with Crippen molar-refractivity contribution in [3.63, 3.8) is 0 Å². The maximum absolute atomic E-state index is 12.5. The molecule has 0 aliphatic heterocycles. The minimum atomic E-state index is -0.194. The summed E-state index contributed by atoms with van der Waals surface area (Å²) in [5.74, 6) is 0.817. The Hall–Kier alpha value is -1.07. The Bertz CT molecular complexity index is 725. The first-order chi connectivity index (χ1) is 9.34. The topological polar surface area (TPSA) is 39.1 Å². The lowest BCUT2D eigenvalue weighted by Gasteiger charge is -2.29. The van der Waals surface area contributed by atoms with E-state index in [1.165, 1.54) is 4.57 Å². The number of nitrogens with zero attached hydrogens (tertiary/aromatic N) is 1. The number of aromatic nitrogens is 1. The molecule has 2 aromatic rings. The molecule has 0 saturated carbocycles. The average Bonchev–Trinajstić information content (AvgIpc) is 2.37. The van der Waals surface area contributed by atoms with Gasteiger partial charge in [0.1, 0.15) is 0 Å². The van der Waals surface area contributed by atoms with Crippen LogP contribution in [-0.2, 0) is 6.54 Å². The van der Waals surface area contributed by atoms with E-state index in [1.54, 1.807) is 6.07 Å². The third-order valence-electron chi connectivity index (χ3n) is 3.63. The zero-order valence-corrected chi connectivity index (χ0v) is 13.6. The lowest BCUT2D eigenvalue weighted by molar-refractivity contribution is 0.235. The second-order valence-corrected chi connectivity index (χ2v) is 7.38. The highest BCUT2D eigenvalue weighted by atomic mass is 32.1. The van der Waals surface area contributed by atoms with E-state index < -0.39 is 0 Å². The third kappa shape index (κ3) is 2.99.